The lowest BCUT2D eigenvalue weighted by Crippen LogP contribution is -1.95. The lowest BCUT2D eigenvalue weighted by Gasteiger charge is -2.00. The molecular formula is C12H14FN. The van der Waals surface area contributed by atoms with Gasteiger partial charge in [0.1, 0.15) is 5.82 Å². The fourth-order valence-electron chi connectivity index (χ4n) is 1.96. The molecule has 0 atom stereocenters. The van der Waals surface area contributed by atoms with Crippen molar-refractivity contribution in [1.29, 1.82) is 0 Å². The molecule has 1 aromatic carbocycles. The van der Waals surface area contributed by atoms with Gasteiger partial charge in [-0.05, 0) is 54.6 Å². The number of hydrogen-bond acceptors (Lipinski definition) is 1. The van der Waals surface area contributed by atoms with Crippen LogP contribution in [0.1, 0.15) is 24.0 Å². The SMILES string of the molecule is NCC/C=C1/CCc2cc(F)ccc21. The largest absolute Gasteiger partial charge is 0.330 e. The van der Waals surface area contributed by atoms with E-state index in [9.17, 15) is 4.39 Å². The molecule has 0 aromatic heterocycles. The minimum absolute atomic E-state index is 0.135. The molecule has 0 saturated heterocycles. The van der Waals surface area contributed by atoms with Crippen LogP contribution in [-0.4, -0.2) is 6.54 Å². The predicted octanol–water partition coefficient (Wildman–Crippen LogP) is 2.50. The van der Waals surface area contributed by atoms with Crippen LogP contribution in [0.5, 0.6) is 0 Å². The van der Waals surface area contributed by atoms with Crippen molar-refractivity contribution in [3.05, 3.63) is 41.2 Å². The zero-order chi connectivity index (χ0) is 9.97. The third-order valence-electron chi connectivity index (χ3n) is 2.63. The molecule has 0 spiro atoms. The number of hydrogen-bond donors (Lipinski definition) is 1. The summed E-state index contributed by atoms with van der Waals surface area (Å²) in [5, 5.41) is 0. The van der Waals surface area contributed by atoms with E-state index in [1.807, 2.05) is 6.07 Å². The van der Waals surface area contributed by atoms with Crippen molar-refractivity contribution in [1.82, 2.24) is 0 Å². The first-order valence-corrected chi connectivity index (χ1v) is 4.99. The summed E-state index contributed by atoms with van der Waals surface area (Å²) in [4.78, 5) is 0. The predicted molar refractivity (Wildman–Crippen MR) is 56.4 cm³/mol. The summed E-state index contributed by atoms with van der Waals surface area (Å²) in [7, 11) is 0. The van der Waals surface area contributed by atoms with Gasteiger partial charge >= 0.3 is 0 Å². The quantitative estimate of drug-likeness (QED) is 0.763. The highest BCUT2D eigenvalue weighted by Crippen LogP contribution is 2.32. The van der Waals surface area contributed by atoms with E-state index in [4.69, 9.17) is 5.73 Å². The minimum atomic E-state index is -0.135. The Hall–Kier alpha value is -1.15. The molecule has 0 aliphatic heterocycles. The fraction of sp³-hybridized carbons (Fsp3) is 0.333. The average molecular weight is 191 g/mol. The van der Waals surface area contributed by atoms with Crippen LogP contribution in [0.4, 0.5) is 4.39 Å². The molecular weight excluding hydrogens is 177 g/mol. The Labute approximate surface area is 83.4 Å². The van der Waals surface area contributed by atoms with Crippen molar-refractivity contribution in [3.63, 3.8) is 0 Å². The molecule has 2 heteroatoms. The van der Waals surface area contributed by atoms with Crippen molar-refractivity contribution in [2.75, 3.05) is 6.54 Å². The van der Waals surface area contributed by atoms with Gasteiger partial charge in [0.2, 0.25) is 0 Å². The van der Waals surface area contributed by atoms with Crippen LogP contribution in [0.15, 0.2) is 24.3 Å². The number of nitrogens with two attached hydrogens (primary N) is 1. The smallest absolute Gasteiger partial charge is 0.123 e. The van der Waals surface area contributed by atoms with Gasteiger partial charge < -0.3 is 5.73 Å². The Morgan fingerprint density at radius 1 is 1.36 bits per heavy atom. The van der Waals surface area contributed by atoms with Gasteiger partial charge in [-0.2, -0.15) is 0 Å². The van der Waals surface area contributed by atoms with Crippen molar-refractivity contribution in [2.45, 2.75) is 19.3 Å². The number of halogens is 1. The monoisotopic (exact) mass is 191 g/mol. The summed E-state index contributed by atoms with van der Waals surface area (Å²) in [6.45, 7) is 0.681. The molecule has 0 radical (unpaired) electrons. The summed E-state index contributed by atoms with van der Waals surface area (Å²) in [6.07, 6.45) is 5.07. The molecule has 0 saturated carbocycles. The first-order chi connectivity index (χ1) is 6.81. The van der Waals surface area contributed by atoms with Gasteiger partial charge in [-0.1, -0.05) is 12.1 Å². The van der Waals surface area contributed by atoms with Gasteiger partial charge in [0.15, 0.2) is 0 Å². The fourth-order valence-corrected chi connectivity index (χ4v) is 1.96. The van der Waals surface area contributed by atoms with Crippen LogP contribution in [0.2, 0.25) is 0 Å². The first-order valence-electron chi connectivity index (χ1n) is 4.99. The van der Waals surface area contributed by atoms with Crippen LogP contribution < -0.4 is 5.73 Å². The molecule has 0 amide bonds. The number of rotatable bonds is 2. The molecule has 0 fully saturated rings. The molecule has 1 aliphatic rings. The van der Waals surface area contributed by atoms with Crippen LogP contribution in [-0.2, 0) is 6.42 Å². The molecule has 2 N–H and O–H groups in total. The number of allylic oxidation sites excluding steroid dienone is 1. The maximum Gasteiger partial charge on any atom is 0.123 e. The maximum absolute atomic E-state index is 12.9. The van der Waals surface area contributed by atoms with Crippen LogP contribution >= 0.6 is 0 Å². The van der Waals surface area contributed by atoms with E-state index in [2.05, 4.69) is 6.08 Å². The highest BCUT2D eigenvalue weighted by molar-refractivity contribution is 5.72. The number of benzene rings is 1. The summed E-state index contributed by atoms with van der Waals surface area (Å²) >= 11 is 0. The zero-order valence-corrected chi connectivity index (χ0v) is 8.09. The lowest BCUT2D eigenvalue weighted by atomic mass is 10.1. The molecule has 14 heavy (non-hydrogen) atoms. The standard InChI is InChI=1S/C12H14FN/c13-11-5-6-12-9(2-1-7-14)3-4-10(12)8-11/h2,5-6,8H,1,3-4,7,14H2/b9-2-. The van der Waals surface area contributed by atoms with Gasteiger partial charge in [-0.25, -0.2) is 4.39 Å². The van der Waals surface area contributed by atoms with E-state index in [-0.39, 0.29) is 5.82 Å². The van der Waals surface area contributed by atoms with E-state index in [0.717, 1.165) is 24.8 Å². The first kappa shape index (κ1) is 9.41. The third kappa shape index (κ3) is 1.70. The number of fused-ring (bicyclic) bond motifs is 1. The van der Waals surface area contributed by atoms with Crippen molar-refractivity contribution in [3.8, 4) is 0 Å². The topological polar surface area (TPSA) is 26.0 Å². The Bertz CT molecular complexity index is 369. The Morgan fingerprint density at radius 2 is 2.21 bits per heavy atom. The molecule has 0 heterocycles. The molecule has 1 aliphatic carbocycles. The minimum Gasteiger partial charge on any atom is -0.330 e. The van der Waals surface area contributed by atoms with E-state index in [1.165, 1.54) is 17.2 Å². The Morgan fingerprint density at radius 3 is 3.00 bits per heavy atom. The summed E-state index contributed by atoms with van der Waals surface area (Å²) < 4.78 is 12.9. The summed E-state index contributed by atoms with van der Waals surface area (Å²) in [6, 6.07) is 5.04. The van der Waals surface area contributed by atoms with Crippen LogP contribution in [0, 0.1) is 5.82 Å². The lowest BCUT2D eigenvalue weighted by molar-refractivity contribution is 0.626. The summed E-state index contributed by atoms with van der Waals surface area (Å²) in [5.41, 5.74) is 9.11. The second-order valence-electron chi connectivity index (χ2n) is 3.61. The van der Waals surface area contributed by atoms with E-state index >= 15 is 0 Å². The van der Waals surface area contributed by atoms with E-state index < -0.39 is 0 Å². The van der Waals surface area contributed by atoms with Crippen molar-refractivity contribution >= 4 is 5.57 Å². The van der Waals surface area contributed by atoms with Gasteiger partial charge in [0.25, 0.3) is 0 Å². The highest BCUT2D eigenvalue weighted by atomic mass is 19.1. The second-order valence-corrected chi connectivity index (χ2v) is 3.61. The average Bonchev–Trinajstić information content (AvgIpc) is 2.57. The normalized spacial score (nSPS) is 17.4. The molecule has 2 rings (SSSR count). The molecule has 74 valence electrons. The molecule has 1 aromatic rings. The Balaban J connectivity index is 2.31. The molecule has 0 bridgehead atoms. The van der Waals surface area contributed by atoms with Gasteiger partial charge in [-0.3, -0.25) is 0 Å². The van der Waals surface area contributed by atoms with E-state index in [1.54, 1.807) is 6.07 Å². The number of aryl methyl sites for hydroxylation is 1. The van der Waals surface area contributed by atoms with Crippen molar-refractivity contribution in [2.24, 2.45) is 5.73 Å². The summed E-state index contributed by atoms with van der Waals surface area (Å²) in [5.74, 6) is -0.135. The van der Waals surface area contributed by atoms with Crippen LogP contribution in [0.25, 0.3) is 5.57 Å². The Kier molecular flexibility index (Phi) is 2.64. The highest BCUT2D eigenvalue weighted by Gasteiger charge is 2.15. The van der Waals surface area contributed by atoms with Gasteiger partial charge in [0.05, 0.1) is 0 Å². The van der Waals surface area contributed by atoms with Gasteiger partial charge in [0, 0.05) is 0 Å². The second kappa shape index (κ2) is 3.93. The molecule has 1 nitrogen and oxygen atoms in total. The van der Waals surface area contributed by atoms with Crippen molar-refractivity contribution < 1.29 is 4.39 Å². The van der Waals surface area contributed by atoms with E-state index in [0.29, 0.717) is 6.54 Å². The zero-order valence-electron chi connectivity index (χ0n) is 8.09. The van der Waals surface area contributed by atoms with Gasteiger partial charge in [-0.15, -0.1) is 0 Å². The third-order valence-corrected chi connectivity index (χ3v) is 2.63. The molecule has 0 unspecified atom stereocenters. The van der Waals surface area contributed by atoms with Crippen LogP contribution in [0.3, 0.4) is 0 Å². The maximum atomic E-state index is 12.9.